The Morgan fingerprint density at radius 2 is 1.94 bits per heavy atom. The predicted molar refractivity (Wildman–Crippen MR) is 72.4 cm³/mol. The normalized spacial score (nSPS) is 13.5. The molecule has 5 nitrogen and oxygen atoms in total. The molecule has 0 radical (unpaired) electrons. The van der Waals surface area contributed by atoms with Crippen molar-refractivity contribution >= 4 is 23.7 Å². The summed E-state index contributed by atoms with van der Waals surface area (Å²) in [5.41, 5.74) is 12.6. The highest BCUT2D eigenvalue weighted by Gasteiger charge is 2.10. The molecule has 0 amide bonds. The summed E-state index contributed by atoms with van der Waals surface area (Å²) in [6.45, 7) is 8.33. The van der Waals surface area contributed by atoms with Gasteiger partial charge in [-0.15, -0.1) is 0 Å². The highest BCUT2D eigenvalue weighted by molar-refractivity contribution is 5.72. The molecule has 4 N–H and O–H groups in total. The van der Waals surface area contributed by atoms with Gasteiger partial charge in [0.15, 0.2) is 5.82 Å². The highest BCUT2D eigenvalue weighted by atomic mass is 15.1. The summed E-state index contributed by atoms with van der Waals surface area (Å²) in [5, 5.41) is 0. The number of anilines is 2. The van der Waals surface area contributed by atoms with Gasteiger partial charge in [0.2, 0.25) is 5.95 Å². The molecule has 0 saturated carbocycles. The zero-order valence-corrected chi connectivity index (χ0v) is 10.9. The summed E-state index contributed by atoms with van der Waals surface area (Å²) < 4.78 is 0. The number of nitrogens with two attached hydrogens (primary N) is 2. The lowest BCUT2D eigenvalue weighted by atomic mass is 9.95. The van der Waals surface area contributed by atoms with Crippen LogP contribution in [0.25, 0.3) is 0 Å². The van der Waals surface area contributed by atoms with Gasteiger partial charge in [-0.05, 0) is 25.2 Å². The molecule has 0 aliphatic heterocycles. The molecule has 0 bridgehead atoms. The van der Waals surface area contributed by atoms with E-state index in [0.717, 1.165) is 6.42 Å². The van der Waals surface area contributed by atoms with Crippen molar-refractivity contribution in [3.63, 3.8) is 0 Å². The molecule has 94 valence electrons. The summed E-state index contributed by atoms with van der Waals surface area (Å²) in [4.78, 5) is 12.4. The molecule has 0 spiro atoms. The maximum absolute atomic E-state index is 5.78. The fraction of sp³-hybridized carbons (Fsp3) is 0.583. The third-order valence-electron chi connectivity index (χ3n) is 2.83. The van der Waals surface area contributed by atoms with Crippen molar-refractivity contribution in [3.8, 4) is 0 Å². The number of aryl methyl sites for hydroxylation is 1. The molecule has 1 aromatic rings. The van der Waals surface area contributed by atoms with Crippen molar-refractivity contribution in [1.82, 2.24) is 9.97 Å². The Balaban J connectivity index is 2.99. The third kappa shape index (κ3) is 3.41. The molecule has 1 unspecified atom stereocenters. The van der Waals surface area contributed by atoms with Gasteiger partial charge < -0.3 is 11.5 Å². The number of nitrogens with zero attached hydrogens (tertiary/aromatic N) is 3. The fourth-order valence-electron chi connectivity index (χ4n) is 1.69. The Morgan fingerprint density at radius 1 is 1.29 bits per heavy atom. The van der Waals surface area contributed by atoms with Gasteiger partial charge in [-0.1, -0.05) is 20.8 Å². The number of aliphatic imine (C=N–C) groups is 1. The van der Waals surface area contributed by atoms with Gasteiger partial charge in [0.1, 0.15) is 5.69 Å². The lowest BCUT2D eigenvalue weighted by molar-refractivity contribution is 0.489. The molecule has 0 saturated heterocycles. The van der Waals surface area contributed by atoms with Crippen LogP contribution in [0.4, 0.5) is 17.5 Å². The van der Waals surface area contributed by atoms with E-state index in [1.54, 1.807) is 0 Å². The number of hydrogen-bond donors (Lipinski definition) is 2. The summed E-state index contributed by atoms with van der Waals surface area (Å²) in [5.74, 6) is 1.52. The van der Waals surface area contributed by atoms with Crippen LogP contribution in [0.5, 0.6) is 0 Å². The minimum Gasteiger partial charge on any atom is -0.382 e. The number of nitrogen functional groups attached to an aromatic ring is 2. The average Bonchev–Trinajstić information content (AvgIpc) is 2.21. The van der Waals surface area contributed by atoms with Gasteiger partial charge in [0, 0.05) is 6.21 Å². The van der Waals surface area contributed by atoms with Crippen LogP contribution in [0.15, 0.2) is 4.99 Å². The Hall–Kier alpha value is -1.65. The van der Waals surface area contributed by atoms with Crippen LogP contribution < -0.4 is 11.5 Å². The van der Waals surface area contributed by atoms with Gasteiger partial charge in [-0.25, -0.2) is 4.98 Å². The monoisotopic (exact) mass is 235 g/mol. The van der Waals surface area contributed by atoms with E-state index >= 15 is 0 Å². The van der Waals surface area contributed by atoms with Crippen LogP contribution in [-0.2, 0) is 0 Å². The molecule has 17 heavy (non-hydrogen) atoms. The van der Waals surface area contributed by atoms with Crippen LogP contribution in [0.3, 0.4) is 0 Å². The Kier molecular flexibility index (Phi) is 4.43. The van der Waals surface area contributed by atoms with E-state index < -0.39 is 0 Å². The van der Waals surface area contributed by atoms with E-state index in [1.165, 1.54) is 0 Å². The summed E-state index contributed by atoms with van der Waals surface area (Å²) in [7, 11) is 0. The van der Waals surface area contributed by atoms with Gasteiger partial charge in [-0.3, -0.25) is 4.99 Å². The fourth-order valence-corrected chi connectivity index (χ4v) is 1.69. The average molecular weight is 235 g/mol. The van der Waals surface area contributed by atoms with E-state index in [-0.39, 0.29) is 5.95 Å². The van der Waals surface area contributed by atoms with Crippen molar-refractivity contribution in [1.29, 1.82) is 0 Å². The number of aromatic nitrogens is 2. The van der Waals surface area contributed by atoms with Crippen molar-refractivity contribution < 1.29 is 0 Å². The van der Waals surface area contributed by atoms with E-state index in [2.05, 4.69) is 35.7 Å². The molecule has 1 heterocycles. The van der Waals surface area contributed by atoms with E-state index in [0.29, 0.717) is 29.0 Å². The van der Waals surface area contributed by atoms with E-state index in [9.17, 15) is 0 Å². The summed E-state index contributed by atoms with van der Waals surface area (Å²) >= 11 is 0. The second kappa shape index (κ2) is 5.61. The molecule has 0 fully saturated rings. The maximum atomic E-state index is 5.78. The zero-order chi connectivity index (χ0) is 13.0. The van der Waals surface area contributed by atoms with Crippen LogP contribution in [0.2, 0.25) is 0 Å². The van der Waals surface area contributed by atoms with Crippen molar-refractivity contribution in [3.05, 3.63) is 5.69 Å². The SMILES string of the molecule is CCC(C=Nc1c(C)nc(N)nc1N)C(C)C. The summed E-state index contributed by atoms with van der Waals surface area (Å²) in [6.07, 6.45) is 2.98. The molecule has 1 rings (SSSR count). The van der Waals surface area contributed by atoms with E-state index in [4.69, 9.17) is 11.5 Å². The topological polar surface area (TPSA) is 90.2 Å². The zero-order valence-electron chi connectivity index (χ0n) is 10.9. The first-order chi connectivity index (χ1) is 7.95. The third-order valence-corrected chi connectivity index (χ3v) is 2.83. The highest BCUT2D eigenvalue weighted by Crippen LogP contribution is 2.24. The van der Waals surface area contributed by atoms with Crippen LogP contribution in [-0.4, -0.2) is 16.2 Å². The van der Waals surface area contributed by atoms with E-state index in [1.807, 2.05) is 13.1 Å². The molecule has 0 aliphatic rings. The second-order valence-corrected chi connectivity index (χ2v) is 4.50. The Labute approximate surface area is 102 Å². The molecule has 0 aliphatic carbocycles. The first-order valence-electron chi connectivity index (χ1n) is 5.89. The second-order valence-electron chi connectivity index (χ2n) is 4.50. The van der Waals surface area contributed by atoms with Crippen LogP contribution >= 0.6 is 0 Å². The minimum absolute atomic E-state index is 0.190. The Morgan fingerprint density at radius 3 is 2.41 bits per heavy atom. The largest absolute Gasteiger partial charge is 0.382 e. The molecular weight excluding hydrogens is 214 g/mol. The maximum Gasteiger partial charge on any atom is 0.222 e. The molecule has 1 atom stereocenters. The van der Waals surface area contributed by atoms with Crippen molar-refractivity contribution in [2.75, 3.05) is 11.5 Å². The smallest absolute Gasteiger partial charge is 0.222 e. The molecular formula is C12H21N5. The van der Waals surface area contributed by atoms with Gasteiger partial charge in [-0.2, -0.15) is 4.98 Å². The van der Waals surface area contributed by atoms with Crippen LogP contribution in [0, 0.1) is 18.8 Å². The Bertz CT molecular complexity index is 388. The standard InChI is InChI=1S/C12H21N5/c1-5-9(7(2)3)6-15-10-8(4)16-12(14)17-11(10)13/h6-7,9H,5H2,1-4H3,(H4,13,14,16,17). The first-order valence-corrected chi connectivity index (χ1v) is 5.89. The predicted octanol–water partition coefficient (Wildman–Crippen LogP) is 2.33. The van der Waals surface area contributed by atoms with Gasteiger partial charge in [0.05, 0.1) is 5.69 Å². The number of rotatable bonds is 4. The minimum atomic E-state index is 0.190. The lowest BCUT2D eigenvalue weighted by Gasteiger charge is -2.13. The lowest BCUT2D eigenvalue weighted by Crippen LogP contribution is -2.09. The van der Waals surface area contributed by atoms with Crippen molar-refractivity contribution in [2.24, 2.45) is 16.8 Å². The molecule has 0 aromatic carbocycles. The first kappa shape index (κ1) is 13.4. The number of hydrogen-bond acceptors (Lipinski definition) is 5. The quantitative estimate of drug-likeness (QED) is 0.784. The van der Waals surface area contributed by atoms with Crippen LogP contribution in [0.1, 0.15) is 32.9 Å². The van der Waals surface area contributed by atoms with Gasteiger partial charge in [0.25, 0.3) is 0 Å². The summed E-state index contributed by atoms with van der Waals surface area (Å²) in [6, 6.07) is 0. The van der Waals surface area contributed by atoms with Crippen molar-refractivity contribution in [2.45, 2.75) is 34.1 Å². The van der Waals surface area contributed by atoms with Gasteiger partial charge >= 0.3 is 0 Å². The molecule has 1 aromatic heterocycles. The molecule has 5 heteroatoms.